The SMILES string of the molecule is CC[C@@H](NC1CCN(CCc2ccncc2)CC1)c1ccccc1O. The molecule has 2 aromatic rings. The normalized spacial score (nSPS) is 17.5. The summed E-state index contributed by atoms with van der Waals surface area (Å²) in [7, 11) is 0. The summed E-state index contributed by atoms with van der Waals surface area (Å²) in [6.45, 7) is 5.57. The van der Waals surface area contributed by atoms with Crippen LogP contribution in [0.15, 0.2) is 48.8 Å². The number of aromatic hydroxyl groups is 1. The van der Waals surface area contributed by atoms with Gasteiger partial charge in [0.25, 0.3) is 0 Å². The summed E-state index contributed by atoms with van der Waals surface area (Å²) in [5.74, 6) is 0.400. The summed E-state index contributed by atoms with van der Waals surface area (Å²) >= 11 is 0. The molecule has 2 heterocycles. The third kappa shape index (κ3) is 5.03. The number of pyridine rings is 1. The van der Waals surface area contributed by atoms with Crippen LogP contribution < -0.4 is 5.32 Å². The van der Waals surface area contributed by atoms with Gasteiger partial charge in [-0.3, -0.25) is 4.98 Å². The predicted octanol–water partition coefficient (Wildman–Crippen LogP) is 3.54. The van der Waals surface area contributed by atoms with E-state index < -0.39 is 0 Å². The smallest absolute Gasteiger partial charge is 0.120 e. The Morgan fingerprint density at radius 3 is 2.56 bits per heavy atom. The summed E-state index contributed by atoms with van der Waals surface area (Å²) in [5.41, 5.74) is 2.38. The minimum absolute atomic E-state index is 0.231. The standard InChI is InChI=1S/C21H29N3O/c1-2-20(19-5-3-4-6-21(19)25)23-18-10-15-24(16-11-18)14-9-17-7-12-22-13-8-17/h3-8,12-13,18,20,23,25H,2,9-11,14-16H2,1H3/t20-/m1/s1. The number of benzene rings is 1. The molecule has 1 saturated heterocycles. The predicted molar refractivity (Wildman–Crippen MR) is 102 cm³/mol. The van der Waals surface area contributed by atoms with E-state index >= 15 is 0 Å². The topological polar surface area (TPSA) is 48.4 Å². The van der Waals surface area contributed by atoms with Crippen LogP contribution in [0.3, 0.4) is 0 Å². The maximum Gasteiger partial charge on any atom is 0.120 e. The second-order valence-corrected chi connectivity index (χ2v) is 6.91. The van der Waals surface area contributed by atoms with E-state index in [9.17, 15) is 5.11 Å². The van der Waals surface area contributed by atoms with Crippen molar-refractivity contribution in [2.75, 3.05) is 19.6 Å². The molecule has 0 spiro atoms. The van der Waals surface area contributed by atoms with Gasteiger partial charge in [0.05, 0.1) is 0 Å². The van der Waals surface area contributed by atoms with Crippen molar-refractivity contribution in [3.8, 4) is 5.75 Å². The Hall–Kier alpha value is -1.91. The number of hydrogen-bond acceptors (Lipinski definition) is 4. The van der Waals surface area contributed by atoms with Crippen LogP contribution in [0.1, 0.15) is 43.4 Å². The van der Waals surface area contributed by atoms with Crippen LogP contribution in [0.2, 0.25) is 0 Å². The zero-order valence-electron chi connectivity index (χ0n) is 15.1. The van der Waals surface area contributed by atoms with E-state index in [0.29, 0.717) is 11.8 Å². The Morgan fingerprint density at radius 1 is 1.16 bits per heavy atom. The van der Waals surface area contributed by atoms with E-state index in [4.69, 9.17) is 0 Å². The van der Waals surface area contributed by atoms with Gasteiger partial charge < -0.3 is 15.3 Å². The number of rotatable bonds is 7. The molecule has 0 unspecified atom stereocenters. The summed E-state index contributed by atoms with van der Waals surface area (Å²) in [6, 6.07) is 12.7. The highest BCUT2D eigenvalue weighted by atomic mass is 16.3. The molecule has 1 aliphatic heterocycles. The van der Waals surface area contributed by atoms with Crippen molar-refractivity contribution < 1.29 is 5.11 Å². The molecule has 1 aliphatic rings. The summed E-state index contributed by atoms with van der Waals surface area (Å²) in [5, 5.41) is 13.9. The Bertz CT molecular complexity index is 639. The molecule has 1 aromatic heterocycles. The van der Waals surface area contributed by atoms with Crippen LogP contribution in [0.5, 0.6) is 5.75 Å². The number of likely N-dealkylation sites (tertiary alicyclic amines) is 1. The summed E-state index contributed by atoms with van der Waals surface area (Å²) < 4.78 is 0. The number of phenolic OH excluding ortho intramolecular Hbond substituents is 1. The first-order valence-electron chi connectivity index (χ1n) is 9.41. The van der Waals surface area contributed by atoms with E-state index in [2.05, 4.69) is 34.3 Å². The highest BCUT2D eigenvalue weighted by Gasteiger charge is 2.22. The van der Waals surface area contributed by atoms with Crippen molar-refractivity contribution in [3.63, 3.8) is 0 Å². The quantitative estimate of drug-likeness (QED) is 0.810. The van der Waals surface area contributed by atoms with Gasteiger partial charge in [-0.05, 0) is 62.5 Å². The molecule has 25 heavy (non-hydrogen) atoms. The van der Waals surface area contributed by atoms with Gasteiger partial charge in [-0.2, -0.15) is 0 Å². The van der Waals surface area contributed by atoms with Gasteiger partial charge in [0.1, 0.15) is 5.75 Å². The lowest BCUT2D eigenvalue weighted by atomic mass is 9.98. The highest BCUT2D eigenvalue weighted by molar-refractivity contribution is 5.34. The van der Waals surface area contributed by atoms with E-state index in [-0.39, 0.29) is 6.04 Å². The van der Waals surface area contributed by atoms with Crippen LogP contribution in [-0.4, -0.2) is 40.7 Å². The fraction of sp³-hybridized carbons (Fsp3) is 0.476. The second kappa shape index (κ2) is 8.97. The number of para-hydroxylation sites is 1. The third-order valence-corrected chi connectivity index (χ3v) is 5.21. The fourth-order valence-electron chi connectivity index (χ4n) is 3.65. The first-order valence-corrected chi connectivity index (χ1v) is 9.41. The molecule has 0 saturated carbocycles. The largest absolute Gasteiger partial charge is 0.508 e. The van der Waals surface area contributed by atoms with E-state index in [1.54, 1.807) is 6.07 Å². The monoisotopic (exact) mass is 339 g/mol. The maximum absolute atomic E-state index is 10.1. The Morgan fingerprint density at radius 2 is 1.88 bits per heavy atom. The lowest BCUT2D eigenvalue weighted by Crippen LogP contribution is -2.44. The summed E-state index contributed by atoms with van der Waals surface area (Å²) in [4.78, 5) is 6.63. The zero-order chi connectivity index (χ0) is 17.5. The number of nitrogens with one attached hydrogen (secondary N) is 1. The number of hydrogen-bond donors (Lipinski definition) is 2. The average Bonchev–Trinajstić information content (AvgIpc) is 2.67. The van der Waals surface area contributed by atoms with Gasteiger partial charge in [0.2, 0.25) is 0 Å². The number of aromatic nitrogens is 1. The molecule has 2 N–H and O–H groups in total. The molecule has 1 fully saturated rings. The lowest BCUT2D eigenvalue weighted by molar-refractivity contribution is 0.191. The van der Waals surface area contributed by atoms with Crippen molar-refractivity contribution in [2.24, 2.45) is 0 Å². The average molecular weight is 339 g/mol. The molecule has 0 radical (unpaired) electrons. The van der Waals surface area contributed by atoms with Crippen LogP contribution >= 0.6 is 0 Å². The highest BCUT2D eigenvalue weighted by Crippen LogP contribution is 2.27. The van der Waals surface area contributed by atoms with E-state index in [1.165, 1.54) is 18.4 Å². The van der Waals surface area contributed by atoms with Crippen LogP contribution in [0.4, 0.5) is 0 Å². The maximum atomic E-state index is 10.1. The fourth-order valence-corrected chi connectivity index (χ4v) is 3.65. The van der Waals surface area contributed by atoms with Crippen molar-refractivity contribution in [1.82, 2.24) is 15.2 Å². The molecule has 1 aromatic carbocycles. The molecule has 134 valence electrons. The van der Waals surface area contributed by atoms with Gasteiger partial charge in [0.15, 0.2) is 0 Å². The van der Waals surface area contributed by atoms with Gasteiger partial charge in [0, 0.05) is 36.6 Å². The molecule has 4 heteroatoms. The first-order chi connectivity index (χ1) is 12.3. The van der Waals surface area contributed by atoms with Crippen LogP contribution in [0.25, 0.3) is 0 Å². The molecular weight excluding hydrogens is 310 g/mol. The van der Waals surface area contributed by atoms with Crippen molar-refractivity contribution in [3.05, 3.63) is 59.9 Å². The number of piperidine rings is 1. The van der Waals surface area contributed by atoms with E-state index in [1.807, 2.05) is 30.6 Å². The molecule has 1 atom stereocenters. The lowest BCUT2D eigenvalue weighted by Gasteiger charge is -2.34. The summed E-state index contributed by atoms with van der Waals surface area (Å²) in [6.07, 6.45) is 8.15. The minimum atomic E-state index is 0.231. The molecule has 3 rings (SSSR count). The van der Waals surface area contributed by atoms with Crippen LogP contribution in [-0.2, 0) is 6.42 Å². The number of phenols is 1. The Kier molecular flexibility index (Phi) is 6.42. The minimum Gasteiger partial charge on any atom is -0.508 e. The molecular formula is C21H29N3O. The molecule has 0 amide bonds. The first kappa shape index (κ1) is 17.9. The molecule has 0 bridgehead atoms. The van der Waals surface area contributed by atoms with Crippen molar-refractivity contribution in [1.29, 1.82) is 0 Å². The molecule has 4 nitrogen and oxygen atoms in total. The Labute approximate surface area is 150 Å². The van der Waals surface area contributed by atoms with Gasteiger partial charge in [-0.1, -0.05) is 25.1 Å². The number of nitrogens with zero attached hydrogens (tertiary/aromatic N) is 2. The third-order valence-electron chi connectivity index (χ3n) is 5.21. The van der Waals surface area contributed by atoms with Gasteiger partial charge in [-0.25, -0.2) is 0 Å². The second-order valence-electron chi connectivity index (χ2n) is 6.91. The van der Waals surface area contributed by atoms with Crippen molar-refractivity contribution >= 4 is 0 Å². The van der Waals surface area contributed by atoms with E-state index in [0.717, 1.165) is 38.0 Å². The van der Waals surface area contributed by atoms with Crippen molar-refractivity contribution in [2.45, 2.75) is 44.7 Å². The van der Waals surface area contributed by atoms with Gasteiger partial charge >= 0.3 is 0 Å². The van der Waals surface area contributed by atoms with Crippen LogP contribution in [0, 0.1) is 0 Å². The zero-order valence-corrected chi connectivity index (χ0v) is 15.1. The van der Waals surface area contributed by atoms with Gasteiger partial charge in [-0.15, -0.1) is 0 Å². The molecule has 0 aliphatic carbocycles. The Balaban J connectivity index is 1.46.